The third kappa shape index (κ3) is 3.60. The summed E-state index contributed by atoms with van der Waals surface area (Å²) in [5.41, 5.74) is 0. The molecule has 7 heteroatoms. The van der Waals surface area contributed by atoms with Gasteiger partial charge in [-0.15, -0.1) is 0 Å². The van der Waals surface area contributed by atoms with Gasteiger partial charge < -0.3 is 9.84 Å². The fraction of sp³-hybridized carbons (Fsp3) is 0.500. The number of sulfonamides is 1. The average molecular weight is 308 g/mol. The molecule has 0 saturated heterocycles. The molecule has 0 atom stereocenters. The summed E-state index contributed by atoms with van der Waals surface area (Å²) in [6.07, 6.45) is 0. The fourth-order valence-corrected chi connectivity index (χ4v) is 3.66. The van der Waals surface area contributed by atoms with Gasteiger partial charge in [0.05, 0.1) is 13.7 Å². The van der Waals surface area contributed by atoms with Crippen LogP contribution in [0.5, 0.6) is 5.75 Å². The molecule has 0 unspecified atom stereocenters. The molecular weight excluding hydrogens is 290 g/mol. The zero-order valence-corrected chi connectivity index (χ0v) is 12.7. The van der Waals surface area contributed by atoms with E-state index in [0.29, 0.717) is 5.02 Å². The maximum atomic E-state index is 12.5. The van der Waals surface area contributed by atoms with Crippen molar-refractivity contribution >= 4 is 21.6 Å². The van der Waals surface area contributed by atoms with Crippen molar-refractivity contribution in [3.05, 3.63) is 23.2 Å². The number of methoxy groups -OCH3 is 1. The first-order valence-corrected chi connectivity index (χ1v) is 7.62. The average Bonchev–Trinajstić information content (AvgIpc) is 2.34. The molecule has 19 heavy (non-hydrogen) atoms. The topological polar surface area (TPSA) is 66.8 Å². The van der Waals surface area contributed by atoms with Gasteiger partial charge in [-0.05, 0) is 26.0 Å². The van der Waals surface area contributed by atoms with Crippen molar-refractivity contribution in [1.29, 1.82) is 0 Å². The number of halogens is 1. The minimum Gasteiger partial charge on any atom is -0.495 e. The molecule has 5 nitrogen and oxygen atoms in total. The lowest BCUT2D eigenvalue weighted by Crippen LogP contribution is -2.39. The Balaban J connectivity index is 3.33. The van der Waals surface area contributed by atoms with Crippen LogP contribution in [-0.2, 0) is 10.0 Å². The van der Waals surface area contributed by atoms with Gasteiger partial charge in [-0.3, -0.25) is 0 Å². The van der Waals surface area contributed by atoms with Crippen molar-refractivity contribution in [2.24, 2.45) is 0 Å². The van der Waals surface area contributed by atoms with Crippen LogP contribution in [0.2, 0.25) is 5.02 Å². The number of hydrogen-bond donors (Lipinski definition) is 1. The number of benzene rings is 1. The quantitative estimate of drug-likeness (QED) is 0.869. The van der Waals surface area contributed by atoms with Crippen LogP contribution >= 0.6 is 11.6 Å². The number of aliphatic hydroxyl groups is 1. The Morgan fingerprint density at radius 3 is 2.53 bits per heavy atom. The van der Waals surface area contributed by atoms with Gasteiger partial charge in [0.25, 0.3) is 0 Å². The van der Waals surface area contributed by atoms with Crippen LogP contribution in [-0.4, -0.2) is 44.1 Å². The molecule has 0 amide bonds. The van der Waals surface area contributed by atoms with Crippen LogP contribution in [0.25, 0.3) is 0 Å². The standard InChI is InChI=1S/C12H18ClNO4S/c1-9(2)14(6-7-15)19(16,17)12-5-4-10(13)8-11(12)18-3/h4-5,8-9,15H,6-7H2,1-3H3. The second-order valence-electron chi connectivity index (χ2n) is 4.23. The summed E-state index contributed by atoms with van der Waals surface area (Å²) in [7, 11) is -2.35. The van der Waals surface area contributed by atoms with Gasteiger partial charge >= 0.3 is 0 Å². The van der Waals surface area contributed by atoms with E-state index in [0.717, 1.165) is 0 Å². The molecule has 0 aromatic heterocycles. The predicted molar refractivity (Wildman–Crippen MR) is 74.1 cm³/mol. The molecule has 0 radical (unpaired) electrons. The Kier molecular flexibility index (Phi) is 5.61. The first-order chi connectivity index (χ1) is 8.84. The van der Waals surface area contributed by atoms with Gasteiger partial charge in [0.15, 0.2) is 0 Å². The molecule has 0 aliphatic carbocycles. The molecule has 0 saturated carbocycles. The van der Waals surface area contributed by atoms with E-state index in [2.05, 4.69) is 0 Å². The number of aliphatic hydroxyl groups excluding tert-OH is 1. The molecule has 108 valence electrons. The highest BCUT2D eigenvalue weighted by Crippen LogP contribution is 2.30. The van der Waals surface area contributed by atoms with Crippen molar-refractivity contribution in [3.63, 3.8) is 0 Å². The fourth-order valence-electron chi connectivity index (χ4n) is 1.74. The Morgan fingerprint density at radius 1 is 1.42 bits per heavy atom. The summed E-state index contributed by atoms with van der Waals surface area (Å²) in [4.78, 5) is 0.0431. The highest BCUT2D eigenvalue weighted by molar-refractivity contribution is 7.89. The maximum Gasteiger partial charge on any atom is 0.247 e. The molecule has 0 aliphatic rings. The van der Waals surface area contributed by atoms with E-state index in [1.54, 1.807) is 13.8 Å². The van der Waals surface area contributed by atoms with E-state index >= 15 is 0 Å². The lowest BCUT2D eigenvalue weighted by molar-refractivity contribution is 0.236. The molecule has 1 aromatic carbocycles. The lowest BCUT2D eigenvalue weighted by atomic mass is 10.3. The van der Waals surface area contributed by atoms with Crippen molar-refractivity contribution < 1.29 is 18.3 Å². The summed E-state index contributed by atoms with van der Waals surface area (Å²) < 4.78 is 31.4. The Morgan fingerprint density at radius 2 is 2.05 bits per heavy atom. The van der Waals surface area contributed by atoms with E-state index < -0.39 is 10.0 Å². The minimum absolute atomic E-state index is 0.0335. The van der Waals surface area contributed by atoms with E-state index in [9.17, 15) is 8.42 Å². The van der Waals surface area contributed by atoms with Crippen molar-refractivity contribution in [3.8, 4) is 5.75 Å². The van der Waals surface area contributed by atoms with Crippen LogP contribution in [0.15, 0.2) is 23.1 Å². The zero-order chi connectivity index (χ0) is 14.6. The van der Waals surface area contributed by atoms with Crippen molar-refractivity contribution in [2.45, 2.75) is 24.8 Å². The van der Waals surface area contributed by atoms with E-state index in [4.69, 9.17) is 21.4 Å². The van der Waals surface area contributed by atoms with Gasteiger partial charge in [0.2, 0.25) is 10.0 Å². The van der Waals surface area contributed by atoms with Crippen molar-refractivity contribution in [1.82, 2.24) is 4.31 Å². The maximum absolute atomic E-state index is 12.5. The zero-order valence-electron chi connectivity index (χ0n) is 11.1. The van der Waals surface area contributed by atoms with Crippen LogP contribution in [0.1, 0.15) is 13.8 Å². The number of rotatable bonds is 6. The van der Waals surface area contributed by atoms with E-state index in [-0.39, 0.29) is 29.8 Å². The Labute approximate surface area is 118 Å². The lowest BCUT2D eigenvalue weighted by Gasteiger charge is -2.25. The summed E-state index contributed by atoms with van der Waals surface area (Å²) in [6.45, 7) is 3.28. The Hall–Kier alpha value is -0.820. The van der Waals surface area contributed by atoms with Gasteiger partial charge in [0.1, 0.15) is 10.6 Å². The van der Waals surface area contributed by atoms with Crippen LogP contribution in [0, 0.1) is 0 Å². The molecule has 1 aromatic rings. The third-order valence-corrected chi connectivity index (χ3v) is 4.96. The third-order valence-electron chi connectivity index (χ3n) is 2.61. The second kappa shape index (κ2) is 6.56. The largest absolute Gasteiger partial charge is 0.495 e. The van der Waals surface area contributed by atoms with E-state index in [1.165, 1.54) is 29.6 Å². The molecule has 1 N–H and O–H groups in total. The number of nitrogens with zero attached hydrogens (tertiary/aromatic N) is 1. The summed E-state index contributed by atoms with van der Waals surface area (Å²) in [6, 6.07) is 4.08. The summed E-state index contributed by atoms with van der Waals surface area (Å²) in [5, 5.41) is 9.41. The predicted octanol–water partition coefficient (Wildman–Crippen LogP) is 1.74. The monoisotopic (exact) mass is 307 g/mol. The molecular formula is C12H18ClNO4S. The molecule has 0 heterocycles. The normalized spacial score (nSPS) is 12.2. The number of hydrogen-bond acceptors (Lipinski definition) is 4. The highest BCUT2D eigenvalue weighted by Gasteiger charge is 2.29. The second-order valence-corrected chi connectivity index (χ2v) is 6.52. The van der Waals surface area contributed by atoms with Gasteiger partial charge in [0, 0.05) is 23.7 Å². The van der Waals surface area contributed by atoms with Crippen LogP contribution in [0.3, 0.4) is 0 Å². The molecule has 0 fully saturated rings. The molecule has 0 bridgehead atoms. The van der Waals surface area contributed by atoms with Gasteiger partial charge in [-0.25, -0.2) is 8.42 Å². The van der Waals surface area contributed by atoms with Crippen LogP contribution < -0.4 is 4.74 Å². The Bertz CT molecular complexity index is 531. The van der Waals surface area contributed by atoms with Gasteiger partial charge in [-0.2, -0.15) is 4.31 Å². The smallest absolute Gasteiger partial charge is 0.247 e. The molecule has 0 aliphatic heterocycles. The first-order valence-electron chi connectivity index (χ1n) is 5.80. The van der Waals surface area contributed by atoms with E-state index in [1.807, 2.05) is 0 Å². The first kappa shape index (κ1) is 16.2. The minimum atomic E-state index is -3.73. The SMILES string of the molecule is COc1cc(Cl)ccc1S(=O)(=O)N(CCO)C(C)C. The van der Waals surface area contributed by atoms with Gasteiger partial charge in [-0.1, -0.05) is 11.6 Å². The van der Waals surface area contributed by atoms with Crippen molar-refractivity contribution in [2.75, 3.05) is 20.3 Å². The summed E-state index contributed by atoms with van der Waals surface area (Å²) >= 11 is 5.82. The highest BCUT2D eigenvalue weighted by atomic mass is 35.5. The molecule has 0 spiro atoms. The summed E-state index contributed by atoms with van der Waals surface area (Å²) in [5.74, 6) is 0.191. The van der Waals surface area contributed by atoms with Crippen LogP contribution in [0.4, 0.5) is 0 Å². The number of ether oxygens (including phenoxy) is 1. The molecule has 1 rings (SSSR count).